The van der Waals surface area contributed by atoms with Crippen molar-refractivity contribution in [1.82, 2.24) is 9.03 Å². The molecular weight excluding hydrogens is 238 g/mol. The first-order valence-corrected chi connectivity index (χ1v) is 7.93. The molecule has 0 amide bonds. The van der Waals surface area contributed by atoms with E-state index in [9.17, 15) is 8.42 Å². The standard InChI is InChI=1S/C11H27N3O2S/c1-4-7-11(10-12)13-17(15,16)14(8-5-2)9-6-3/h11,13H,4-10,12H2,1-3H3. The van der Waals surface area contributed by atoms with Gasteiger partial charge in [0.15, 0.2) is 0 Å². The predicted molar refractivity (Wildman–Crippen MR) is 72.0 cm³/mol. The number of nitrogens with one attached hydrogen (secondary N) is 1. The van der Waals surface area contributed by atoms with Gasteiger partial charge in [0.2, 0.25) is 0 Å². The van der Waals surface area contributed by atoms with Crippen molar-refractivity contribution < 1.29 is 8.42 Å². The van der Waals surface area contributed by atoms with E-state index < -0.39 is 10.2 Å². The molecule has 17 heavy (non-hydrogen) atoms. The Morgan fingerprint density at radius 3 is 2.00 bits per heavy atom. The molecule has 0 aliphatic heterocycles. The van der Waals surface area contributed by atoms with E-state index in [0.29, 0.717) is 19.6 Å². The minimum absolute atomic E-state index is 0.152. The van der Waals surface area contributed by atoms with Crippen molar-refractivity contribution in [3.63, 3.8) is 0 Å². The molecule has 0 spiro atoms. The Labute approximate surface area is 106 Å². The van der Waals surface area contributed by atoms with Crippen molar-refractivity contribution in [2.45, 2.75) is 52.5 Å². The SMILES string of the molecule is CCCC(CN)NS(=O)(=O)N(CCC)CCC. The van der Waals surface area contributed by atoms with Gasteiger partial charge >= 0.3 is 0 Å². The Bertz CT molecular complexity index is 274. The normalized spacial score (nSPS) is 14.2. The van der Waals surface area contributed by atoms with E-state index in [1.54, 1.807) is 0 Å². The molecule has 0 aromatic carbocycles. The van der Waals surface area contributed by atoms with Crippen molar-refractivity contribution >= 4 is 10.2 Å². The smallest absolute Gasteiger partial charge is 0.279 e. The number of hydrogen-bond donors (Lipinski definition) is 2. The van der Waals surface area contributed by atoms with Gasteiger partial charge in [0, 0.05) is 25.7 Å². The summed E-state index contributed by atoms with van der Waals surface area (Å²) in [7, 11) is -3.38. The molecule has 0 aromatic rings. The molecule has 104 valence electrons. The highest BCUT2D eigenvalue weighted by atomic mass is 32.2. The van der Waals surface area contributed by atoms with Crippen LogP contribution in [0.5, 0.6) is 0 Å². The van der Waals surface area contributed by atoms with Crippen LogP contribution >= 0.6 is 0 Å². The van der Waals surface area contributed by atoms with E-state index in [4.69, 9.17) is 5.73 Å². The monoisotopic (exact) mass is 265 g/mol. The van der Waals surface area contributed by atoms with Crippen molar-refractivity contribution in [3.05, 3.63) is 0 Å². The molecule has 1 atom stereocenters. The molecule has 0 aromatic heterocycles. The molecule has 0 bridgehead atoms. The third-order valence-corrected chi connectivity index (χ3v) is 4.20. The maximum absolute atomic E-state index is 12.1. The molecule has 3 N–H and O–H groups in total. The summed E-state index contributed by atoms with van der Waals surface area (Å²) < 4.78 is 28.4. The van der Waals surface area contributed by atoms with Gasteiger partial charge in [-0.15, -0.1) is 0 Å². The Kier molecular flexibility index (Phi) is 8.77. The van der Waals surface area contributed by atoms with Gasteiger partial charge in [0.25, 0.3) is 10.2 Å². The average molecular weight is 265 g/mol. The largest absolute Gasteiger partial charge is 0.329 e. The molecular formula is C11H27N3O2S. The molecule has 1 unspecified atom stereocenters. The first kappa shape index (κ1) is 16.8. The summed E-state index contributed by atoms with van der Waals surface area (Å²) in [4.78, 5) is 0. The second-order valence-corrected chi connectivity index (χ2v) is 5.95. The van der Waals surface area contributed by atoms with Crippen LogP contribution in [-0.2, 0) is 10.2 Å². The van der Waals surface area contributed by atoms with Gasteiger partial charge in [-0.3, -0.25) is 0 Å². The van der Waals surface area contributed by atoms with E-state index >= 15 is 0 Å². The number of rotatable bonds is 10. The van der Waals surface area contributed by atoms with E-state index in [1.165, 1.54) is 4.31 Å². The van der Waals surface area contributed by atoms with Crippen molar-refractivity contribution in [3.8, 4) is 0 Å². The summed E-state index contributed by atoms with van der Waals surface area (Å²) in [6.07, 6.45) is 3.34. The lowest BCUT2D eigenvalue weighted by molar-refractivity contribution is 0.392. The first-order valence-electron chi connectivity index (χ1n) is 6.49. The van der Waals surface area contributed by atoms with Crippen LogP contribution in [0, 0.1) is 0 Å². The second kappa shape index (κ2) is 8.85. The lowest BCUT2D eigenvalue weighted by atomic mass is 10.2. The zero-order valence-electron chi connectivity index (χ0n) is 11.3. The molecule has 0 aliphatic carbocycles. The first-order chi connectivity index (χ1) is 8.01. The zero-order valence-corrected chi connectivity index (χ0v) is 12.1. The van der Waals surface area contributed by atoms with E-state index in [-0.39, 0.29) is 6.04 Å². The lowest BCUT2D eigenvalue weighted by Crippen LogP contribution is -2.48. The fraction of sp³-hybridized carbons (Fsp3) is 1.00. The highest BCUT2D eigenvalue weighted by Gasteiger charge is 2.23. The van der Waals surface area contributed by atoms with Gasteiger partial charge in [-0.25, -0.2) is 0 Å². The van der Waals surface area contributed by atoms with E-state index in [0.717, 1.165) is 25.7 Å². The van der Waals surface area contributed by atoms with Crippen molar-refractivity contribution in [1.29, 1.82) is 0 Å². The fourth-order valence-electron chi connectivity index (χ4n) is 1.71. The Hall–Kier alpha value is -0.170. The Morgan fingerprint density at radius 1 is 1.12 bits per heavy atom. The topological polar surface area (TPSA) is 75.4 Å². The van der Waals surface area contributed by atoms with Crippen LogP contribution in [0.2, 0.25) is 0 Å². The third kappa shape index (κ3) is 6.35. The molecule has 5 nitrogen and oxygen atoms in total. The van der Waals surface area contributed by atoms with Crippen LogP contribution in [0.1, 0.15) is 46.5 Å². The van der Waals surface area contributed by atoms with Gasteiger partial charge in [-0.2, -0.15) is 17.4 Å². The fourth-order valence-corrected chi connectivity index (χ4v) is 3.34. The molecule has 0 radical (unpaired) electrons. The van der Waals surface area contributed by atoms with Crippen LogP contribution < -0.4 is 10.5 Å². The molecule has 0 aliphatic rings. The molecule has 0 saturated carbocycles. The summed E-state index contributed by atoms with van der Waals surface area (Å²) in [5.41, 5.74) is 5.57. The summed E-state index contributed by atoms with van der Waals surface area (Å²) in [5.74, 6) is 0. The predicted octanol–water partition coefficient (Wildman–Crippen LogP) is 1.07. The van der Waals surface area contributed by atoms with Crippen LogP contribution in [0.15, 0.2) is 0 Å². The van der Waals surface area contributed by atoms with Gasteiger partial charge in [0.1, 0.15) is 0 Å². The summed E-state index contributed by atoms with van der Waals surface area (Å²) in [6, 6.07) is -0.152. The number of hydrogen-bond acceptors (Lipinski definition) is 3. The van der Waals surface area contributed by atoms with Crippen molar-refractivity contribution in [2.24, 2.45) is 5.73 Å². The minimum Gasteiger partial charge on any atom is -0.329 e. The second-order valence-electron chi connectivity index (χ2n) is 4.24. The maximum Gasteiger partial charge on any atom is 0.279 e. The average Bonchev–Trinajstić information content (AvgIpc) is 2.28. The summed E-state index contributed by atoms with van der Waals surface area (Å²) in [6.45, 7) is 7.44. The molecule has 0 fully saturated rings. The highest BCUT2D eigenvalue weighted by molar-refractivity contribution is 7.87. The van der Waals surface area contributed by atoms with Crippen LogP contribution in [0.25, 0.3) is 0 Å². The maximum atomic E-state index is 12.1. The van der Waals surface area contributed by atoms with Crippen LogP contribution in [0.4, 0.5) is 0 Å². The molecule has 0 saturated heterocycles. The van der Waals surface area contributed by atoms with Gasteiger partial charge < -0.3 is 5.73 Å². The quantitative estimate of drug-likeness (QED) is 0.620. The number of nitrogens with two attached hydrogens (primary N) is 1. The van der Waals surface area contributed by atoms with E-state index in [1.807, 2.05) is 20.8 Å². The van der Waals surface area contributed by atoms with Crippen LogP contribution in [-0.4, -0.2) is 38.4 Å². The Balaban J connectivity index is 4.59. The van der Waals surface area contributed by atoms with E-state index in [2.05, 4.69) is 4.72 Å². The number of nitrogens with zero attached hydrogens (tertiary/aromatic N) is 1. The van der Waals surface area contributed by atoms with Crippen molar-refractivity contribution in [2.75, 3.05) is 19.6 Å². The van der Waals surface area contributed by atoms with Gasteiger partial charge in [-0.05, 0) is 19.3 Å². The zero-order chi connectivity index (χ0) is 13.3. The highest BCUT2D eigenvalue weighted by Crippen LogP contribution is 2.05. The molecule has 0 rings (SSSR count). The summed E-state index contributed by atoms with van der Waals surface area (Å²) >= 11 is 0. The summed E-state index contributed by atoms with van der Waals surface area (Å²) in [5, 5.41) is 0. The third-order valence-electron chi connectivity index (χ3n) is 2.52. The molecule has 0 heterocycles. The minimum atomic E-state index is -3.38. The lowest BCUT2D eigenvalue weighted by Gasteiger charge is -2.24. The van der Waals surface area contributed by atoms with Gasteiger partial charge in [-0.1, -0.05) is 27.2 Å². The Morgan fingerprint density at radius 2 is 1.65 bits per heavy atom. The molecule has 6 heteroatoms. The van der Waals surface area contributed by atoms with Gasteiger partial charge in [0.05, 0.1) is 0 Å². The van der Waals surface area contributed by atoms with Crippen LogP contribution in [0.3, 0.4) is 0 Å².